The van der Waals surface area contributed by atoms with Gasteiger partial charge in [-0.1, -0.05) is 61.4 Å². The van der Waals surface area contributed by atoms with Gasteiger partial charge in [0.05, 0.1) is 35.5 Å². The van der Waals surface area contributed by atoms with E-state index in [1.807, 2.05) is 0 Å². The molecule has 0 unspecified atom stereocenters. The third-order valence-electron chi connectivity index (χ3n) is 9.18. The van der Waals surface area contributed by atoms with E-state index in [9.17, 15) is 19.2 Å². The molecule has 2 N–H and O–H groups in total. The standard InChI is InChI=1S/C44H42O10/c45-25-9-1-3-11-27-51-43(49)29-17-21-31(22-18-29)53-41-35-15-7-8-16-36(35)42(38-37(41)39(47)33-13-5-6-14-34(33)40(38)48)54-32-23-19-30(20-24-32)44(50)52-28-12-4-2-10-26-46/h5-8,13-24,45-46H,1-4,9-12,25-28H2. The van der Waals surface area contributed by atoms with Gasteiger partial charge in [0.1, 0.15) is 23.0 Å². The van der Waals surface area contributed by atoms with Crippen molar-refractivity contribution in [2.45, 2.75) is 51.4 Å². The van der Waals surface area contributed by atoms with Crippen molar-refractivity contribution in [2.24, 2.45) is 0 Å². The summed E-state index contributed by atoms with van der Waals surface area (Å²) in [4.78, 5) is 53.9. The normalized spacial score (nSPS) is 11.9. The van der Waals surface area contributed by atoms with Crippen molar-refractivity contribution in [3.05, 3.63) is 130 Å². The summed E-state index contributed by atoms with van der Waals surface area (Å²) in [5, 5.41) is 18.9. The van der Waals surface area contributed by atoms with Gasteiger partial charge >= 0.3 is 11.9 Å². The van der Waals surface area contributed by atoms with Crippen molar-refractivity contribution in [3.8, 4) is 23.0 Å². The molecule has 54 heavy (non-hydrogen) atoms. The van der Waals surface area contributed by atoms with E-state index in [0.29, 0.717) is 46.2 Å². The summed E-state index contributed by atoms with van der Waals surface area (Å²) in [6.45, 7) is 0.840. The molecule has 5 aromatic rings. The lowest BCUT2D eigenvalue weighted by atomic mass is 9.81. The number of ketones is 2. The third-order valence-corrected chi connectivity index (χ3v) is 9.18. The van der Waals surface area contributed by atoms with Crippen molar-refractivity contribution in [2.75, 3.05) is 26.4 Å². The van der Waals surface area contributed by atoms with Crippen molar-refractivity contribution in [1.82, 2.24) is 0 Å². The van der Waals surface area contributed by atoms with Crippen LogP contribution in [0.4, 0.5) is 0 Å². The van der Waals surface area contributed by atoms with E-state index < -0.39 is 23.5 Å². The number of aliphatic hydroxyl groups is 2. The summed E-state index contributed by atoms with van der Waals surface area (Å²) in [5.74, 6) is -0.728. The molecule has 0 radical (unpaired) electrons. The minimum absolute atomic E-state index is 0.0521. The Kier molecular flexibility index (Phi) is 12.8. The molecule has 0 aromatic heterocycles. The monoisotopic (exact) mass is 730 g/mol. The minimum atomic E-state index is -0.472. The first-order chi connectivity index (χ1) is 26.4. The van der Waals surface area contributed by atoms with Crippen LogP contribution in [-0.2, 0) is 9.47 Å². The number of hydrogen-bond acceptors (Lipinski definition) is 10. The fraction of sp³-hybridized carbons (Fsp3) is 0.273. The lowest BCUT2D eigenvalue weighted by Crippen LogP contribution is -2.22. The van der Waals surface area contributed by atoms with E-state index in [-0.39, 0.29) is 60.2 Å². The minimum Gasteiger partial charge on any atom is -0.462 e. The first-order valence-electron chi connectivity index (χ1n) is 18.3. The van der Waals surface area contributed by atoms with Crippen LogP contribution in [0, 0.1) is 0 Å². The lowest BCUT2D eigenvalue weighted by Gasteiger charge is -2.25. The highest BCUT2D eigenvalue weighted by molar-refractivity contribution is 6.32. The smallest absolute Gasteiger partial charge is 0.338 e. The molecule has 0 atom stereocenters. The number of unbranched alkanes of at least 4 members (excludes halogenated alkanes) is 6. The molecule has 0 bridgehead atoms. The Morgan fingerprint density at radius 1 is 0.463 bits per heavy atom. The van der Waals surface area contributed by atoms with Crippen LogP contribution in [0.5, 0.6) is 23.0 Å². The van der Waals surface area contributed by atoms with Crippen LogP contribution in [-0.4, -0.2) is 60.1 Å². The Morgan fingerprint density at radius 3 is 1.22 bits per heavy atom. The molecule has 278 valence electrons. The quantitative estimate of drug-likeness (QED) is 0.0651. The number of benzene rings is 5. The number of ether oxygens (including phenoxy) is 4. The van der Waals surface area contributed by atoms with Gasteiger partial charge in [-0.25, -0.2) is 9.59 Å². The lowest BCUT2D eigenvalue weighted by molar-refractivity contribution is 0.0488. The van der Waals surface area contributed by atoms with Crippen LogP contribution < -0.4 is 9.47 Å². The number of carbonyl (C=O) groups is 4. The van der Waals surface area contributed by atoms with Crippen molar-refractivity contribution < 1.29 is 48.3 Å². The Balaban J connectivity index is 1.29. The molecular formula is C44H42O10. The van der Waals surface area contributed by atoms with E-state index >= 15 is 0 Å². The second-order valence-electron chi connectivity index (χ2n) is 13.0. The van der Waals surface area contributed by atoms with Crippen LogP contribution in [0.25, 0.3) is 10.8 Å². The first-order valence-corrected chi connectivity index (χ1v) is 18.3. The van der Waals surface area contributed by atoms with E-state index in [1.54, 1.807) is 97.1 Å². The van der Waals surface area contributed by atoms with E-state index in [2.05, 4.69) is 0 Å². The van der Waals surface area contributed by atoms with Crippen LogP contribution in [0.15, 0.2) is 97.1 Å². The van der Waals surface area contributed by atoms with Crippen molar-refractivity contribution >= 4 is 34.3 Å². The van der Waals surface area contributed by atoms with Gasteiger partial charge in [-0.3, -0.25) is 9.59 Å². The Morgan fingerprint density at radius 2 is 0.833 bits per heavy atom. The maximum atomic E-state index is 14.3. The van der Waals surface area contributed by atoms with Gasteiger partial charge in [-0.05, 0) is 87.1 Å². The van der Waals surface area contributed by atoms with Gasteiger partial charge in [0.2, 0.25) is 0 Å². The molecular weight excluding hydrogens is 688 g/mol. The number of aliphatic hydroxyl groups excluding tert-OH is 2. The van der Waals surface area contributed by atoms with Gasteiger partial charge in [0, 0.05) is 35.1 Å². The summed E-state index contributed by atoms with van der Waals surface area (Å²) in [6.07, 6.45) is 6.28. The molecule has 0 saturated carbocycles. The zero-order valence-corrected chi connectivity index (χ0v) is 29.9. The second kappa shape index (κ2) is 18.3. The van der Waals surface area contributed by atoms with E-state index in [4.69, 9.17) is 29.2 Å². The molecule has 0 saturated heterocycles. The summed E-state index contributed by atoms with van der Waals surface area (Å²) in [6, 6.07) is 26.5. The number of fused-ring (bicyclic) bond motifs is 3. The van der Waals surface area contributed by atoms with Gasteiger partial charge in [-0.2, -0.15) is 0 Å². The zero-order valence-electron chi connectivity index (χ0n) is 29.9. The molecule has 0 aliphatic heterocycles. The molecule has 6 rings (SSSR count). The van der Waals surface area contributed by atoms with Crippen molar-refractivity contribution in [1.29, 1.82) is 0 Å². The van der Waals surface area contributed by atoms with Gasteiger partial charge < -0.3 is 29.2 Å². The molecule has 10 heteroatoms. The van der Waals surface area contributed by atoms with Crippen LogP contribution >= 0.6 is 0 Å². The average Bonchev–Trinajstić information content (AvgIpc) is 3.20. The molecule has 5 aromatic carbocycles. The van der Waals surface area contributed by atoms with Crippen LogP contribution in [0.1, 0.15) is 104 Å². The van der Waals surface area contributed by atoms with Gasteiger partial charge in [0.25, 0.3) is 0 Å². The molecule has 10 nitrogen and oxygen atoms in total. The highest BCUT2D eigenvalue weighted by Crippen LogP contribution is 2.48. The maximum Gasteiger partial charge on any atom is 0.338 e. The van der Waals surface area contributed by atoms with Crippen LogP contribution in [0.2, 0.25) is 0 Å². The number of hydrogen-bond donors (Lipinski definition) is 2. The average molecular weight is 731 g/mol. The largest absolute Gasteiger partial charge is 0.462 e. The van der Waals surface area contributed by atoms with Gasteiger partial charge in [0.15, 0.2) is 11.6 Å². The Hall–Kier alpha value is -5.84. The Bertz CT molecular complexity index is 1970. The van der Waals surface area contributed by atoms with Crippen LogP contribution in [0.3, 0.4) is 0 Å². The number of carbonyl (C=O) groups excluding carboxylic acids is 4. The third kappa shape index (κ3) is 8.68. The highest BCUT2D eigenvalue weighted by atomic mass is 16.5. The molecule has 1 aliphatic carbocycles. The topological polar surface area (TPSA) is 146 Å². The van der Waals surface area contributed by atoms with Gasteiger partial charge in [-0.15, -0.1) is 0 Å². The predicted octanol–water partition coefficient (Wildman–Crippen LogP) is 8.62. The molecule has 0 fully saturated rings. The summed E-state index contributed by atoms with van der Waals surface area (Å²) in [5.41, 5.74) is 1.26. The predicted molar refractivity (Wildman–Crippen MR) is 202 cm³/mol. The molecule has 0 heterocycles. The van der Waals surface area contributed by atoms with Crippen molar-refractivity contribution in [3.63, 3.8) is 0 Å². The number of rotatable bonds is 18. The molecule has 0 amide bonds. The van der Waals surface area contributed by atoms with E-state index in [0.717, 1.165) is 38.5 Å². The second-order valence-corrected chi connectivity index (χ2v) is 13.0. The first kappa shape index (κ1) is 37.9. The van der Waals surface area contributed by atoms with E-state index in [1.165, 1.54) is 0 Å². The molecule has 1 aliphatic rings. The Labute approximate surface area is 313 Å². The zero-order chi connectivity index (χ0) is 37.9. The summed E-state index contributed by atoms with van der Waals surface area (Å²) < 4.78 is 23.7. The molecule has 0 spiro atoms. The SMILES string of the molecule is O=C(OCCCCCCO)c1ccc(Oc2c3c(c(Oc4ccc(C(=O)OCCCCCCO)cc4)c4ccccc24)C(=O)c2ccccc2C3=O)cc1. The maximum absolute atomic E-state index is 14.3. The number of esters is 2. The highest BCUT2D eigenvalue weighted by Gasteiger charge is 2.37. The summed E-state index contributed by atoms with van der Waals surface area (Å²) in [7, 11) is 0. The fourth-order valence-corrected chi connectivity index (χ4v) is 6.35. The fourth-order valence-electron chi connectivity index (χ4n) is 6.35. The summed E-state index contributed by atoms with van der Waals surface area (Å²) >= 11 is 0.